The molecule has 0 spiro atoms. The van der Waals surface area contributed by atoms with Gasteiger partial charge in [0, 0.05) is 13.1 Å². The minimum absolute atomic E-state index is 0.263. The van der Waals surface area contributed by atoms with Crippen LogP contribution >= 0.6 is 0 Å². The zero-order valence-electron chi connectivity index (χ0n) is 10.9. The number of sulfonamides is 1. The fourth-order valence-electron chi connectivity index (χ4n) is 2.09. The Balaban J connectivity index is 2.58. The summed E-state index contributed by atoms with van der Waals surface area (Å²) >= 11 is 0. The number of aliphatic hydroxyl groups is 1. The van der Waals surface area contributed by atoms with Crippen molar-refractivity contribution >= 4 is 15.9 Å². The van der Waals surface area contributed by atoms with E-state index < -0.39 is 22.2 Å². The molecule has 0 saturated carbocycles. The molecule has 1 aliphatic heterocycles. The maximum Gasteiger partial charge on any atom is 0.238 e. The second-order valence-electron chi connectivity index (χ2n) is 4.81. The van der Waals surface area contributed by atoms with Gasteiger partial charge in [-0.3, -0.25) is 4.79 Å². The summed E-state index contributed by atoms with van der Waals surface area (Å²) in [6.07, 6.45) is 3.35. The Labute approximate surface area is 108 Å². The average molecular weight is 278 g/mol. The van der Waals surface area contributed by atoms with Crippen LogP contribution in [-0.2, 0) is 14.8 Å². The molecule has 1 fully saturated rings. The van der Waals surface area contributed by atoms with E-state index in [0.29, 0.717) is 25.9 Å². The fraction of sp³-hybridized carbons (Fsp3) is 0.909. The first kappa shape index (κ1) is 15.4. The second kappa shape index (κ2) is 6.49. The summed E-state index contributed by atoms with van der Waals surface area (Å²) in [5.74, 6) is -0.263. The van der Waals surface area contributed by atoms with E-state index in [2.05, 4.69) is 5.32 Å². The van der Waals surface area contributed by atoms with E-state index in [0.717, 1.165) is 19.1 Å². The van der Waals surface area contributed by atoms with Gasteiger partial charge in [-0.25, -0.2) is 8.42 Å². The van der Waals surface area contributed by atoms with Gasteiger partial charge in [-0.05, 0) is 26.2 Å². The lowest BCUT2D eigenvalue weighted by atomic mass is 10.0. The van der Waals surface area contributed by atoms with Crippen LogP contribution in [0.1, 0.15) is 32.6 Å². The Kier molecular flexibility index (Phi) is 5.55. The number of hydrogen-bond donors (Lipinski definition) is 2. The maximum absolute atomic E-state index is 11.9. The van der Waals surface area contributed by atoms with E-state index in [9.17, 15) is 13.2 Å². The van der Waals surface area contributed by atoms with Crippen molar-refractivity contribution in [2.45, 2.75) is 44.8 Å². The topological polar surface area (TPSA) is 86.7 Å². The van der Waals surface area contributed by atoms with Crippen molar-refractivity contribution in [1.82, 2.24) is 9.62 Å². The van der Waals surface area contributed by atoms with Crippen molar-refractivity contribution in [2.24, 2.45) is 0 Å². The van der Waals surface area contributed by atoms with E-state index >= 15 is 0 Å². The van der Waals surface area contributed by atoms with Crippen LogP contribution < -0.4 is 5.32 Å². The summed E-state index contributed by atoms with van der Waals surface area (Å²) in [6.45, 7) is 2.42. The third kappa shape index (κ3) is 4.55. The highest BCUT2D eigenvalue weighted by molar-refractivity contribution is 7.88. The summed E-state index contributed by atoms with van der Waals surface area (Å²) in [5, 5.41) is 11.8. The van der Waals surface area contributed by atoms with Crippen LogP contribution in [0.5, 0.6) is 0 Å². The zero-order chi connectivity index (χ0) is 13.8. The monoisotopic (exact) mass is 278 g/mol. The minimum atomic E-state index is -3.34. The first-order valence-electron chi connectivity index (χ1n) is 6.25. The molecule has 0 aromatic carbocycles. The highest BCUT2D eigenvalue weighted by Crippen LogP contribution is 2.19. The Hall–Kier alpha value is -0.660. The van der Waals surface area contributed by atoms with Crippen molar-refractivity contribution in [1.29, 1.82) is 0 Å². The van der Waals surface area contributed by atoms with E-state index in [1.165, 1.54) is 4.31 Å². The summed E-state index contributed by atoms with van der Waals surface area (Å²) < 4.78 is 24.5. The lowest BCUT2D eigenvalue weighted by Crippen LogP contribution is -2.51. The molecule has 1 aliphatic rings. The number of piperidine rings is 1. The summed E-state index contributed by atoms with van der Waals surface area (Å²) in [4.78, 5) is 11.9. The van der Waals surface area contributed by atoms with Gasteiger partial charge < -0.3 is 10.4 Å². The number of carbonyl (C=O) groups excluding carboxylic acids is 1. The largest absolute Gasteiger partial charge is 0.393 e. The van der Waals surface area contributed by atoms with Crippen LogP contribution in [0.25, 0.3) is 0 Å². The summed E-state index contributed by atoms with van der Waals surface area (Å²) in [7, 11) is -3.34. The molecule has 1 amide bonds. The van der Waals surface area contributed by atoms with Crippen LogP contribution in [0.2, 0.25) is 0 Å². The number of aliphatic hydroxyl groups excluding tert-OH is 1. The molecular weight excluding hydrogens is 256 g/mol. The number of rotatable bonds is 5. The van der Waals surface area contributed by atoms with E-state index in [1.807, 2.05) is 0 Å². The van der Waals surface area contributed by atoms with Crippen LogP contribution in [0.4, 0.5) is 0 Å². The van der Waals surface area contributed by atoms with Crippen LogP contribution in [0, 0.1) is 0 Å². The third-order valence-corrected chi connectivity index (χ3v) is 4.33. The van der Waals surface area contributed by atoms with Gasteiger partial charge in [0.2, 0.25) is 15.9 Å². The molecule has 6 nitrogen and oxygen atoms in total. The average Bonchev–Trinajstić information content (AvgIpc) is 2.27. The van der Waals surface area contributed by atoms with Crippen molar-refractivity contribution < 1.29 is 18.3 Å². The lowest BCUT2D eigenvalue weighted by Gasteiger charge is -2.32. The van der Waals surface area contributed by atoms with Gasteiger partial charge in [-0.15, -0.1) is 0 Å². The van der Waals surface area contributed by atoms with Gasteiger partial charge in [-0.2, -0.15) is 4.31 Å². The standard InChI is InChI=1S/C11H22N2O4S/c1-9(14)6-7-12-11(15)10-5-3-4-8-13(10)18(2,16)17/h9-10,14H,3-8H2,1-2H3,(H,12,15). The normalized spacial score (nSPS) is 23.6. The van der Waals surface area contributed by atoms with Crippen LogP contribution in [-0.4, -0.2) is 55.2 Å². The van der Waals surface area contributed by atoms with Gasteiger partial charge in [-0.1, -0.05) is 6.42 Å². The molecule has 7 heteroatoms. The minimum Gasteiger partial charge on any atom is -0.393 e. The predicted molar refractivity (Wildman–Crippen MR) is 68.5 cm³/mol. The molecule has 1 heterocycles. The summed E-state index contributed by atoms with van der Waals surface area (Å²) in [6, 6.07) is -0.595. The predicted octanol–water partition coefficient (Wildman–Crippen LogP) is -0.312. The highest BCUT2D eigenvalue weighted by atomic mass is 32.2. The van der Waals surface area contributed by atoms with Gasteiger partial charge in [0.25, 0.3) is 0 Å². The summed E-state index contributed by atoms with van der Waals surface area (Å²) in [5.41, 5.74) is 0. The first-order chi connectivity index (χ1) is 8.32. The zero-order valence-corrected chi connectivity index (χ0v) is 11.7. The second-order valence-corrected chi connectivity index (χ2v) is 6.75. The highest BCUT2D eigenvalue weighted by Gasteiger charge is 2.34. The molecule has 2 atom stereocenters. The van der Waals surface area contributed by atoms with Crippen LogP contribution in [0.3, 0.4) is 0 Å². The SMILES string of the molecule is CC(O)CCNC(=O)C1CCCCN1S(C)(=O)=O. The number of carbonyl (C=O) groups is 1. The Morgan fingerprint density at radius 2 is 2.17 bits per heavy atom. The van der Waals surface area contributed by atoms with Crippen molar-refractivity contribution in [3.05, 3.63) is 0 Å². The van der Waals surface area contributed by atoms with Crippen molar-refractivity contribution in [2.75, 3.05) is 19.3 Å². The van der Waals surface area contributed by atoms with Gasteiger partial charge in [0.1, 0.15) is 6.04 Å². The Morgan fingerprint density at radius 3 is 2.72 bits per heavy atom. The molecule has 2 unspecified atom stereocenters. The van der Waals surface area contributed by atoms with E-state index in [-0.39, 0.29) is 5.91 Å². The van der Waals surface area contributed by atoms with E-state index in [1.54, 1.807) is 6.92 Å². The molecule has 0 radical (unpaired) electrons. The van der Waals surface area contributed by atoms with Crippen molar-refractivity contribution in [3.63, 3.8) is 0 Å². The number of nitrogens with zero attached hydrogens (tertiary/aromatic N) is 1. The molecule has 18 heavy (non-hydrogen) atoms. The maximum atomic E-state index is 11.9. The smallest absolute Gasteiger partial charge is 0.238 e. The molecular formula is C11H22N2O4S. The number of hydrogen-bond acceptors (Lipinski definition) is 4. The molecule has 2 N–H and O–H groups in total. The first-order valence-corrected chi connectivity index (χ1v) is 8.10. The molecule has 1 rings (SSSR count). The molecule has 0 aromatic rings. The number of nitrogens with one attached hydrogen (secondary N) is 1. The number of amides is 1. The molecule has 106 valence electrons. The Bertz CT molecular complexity index is 381. The third-order valence-electron chi connectivity index (χ3n) is 3.04. The quantitative estimate of drug-likeness (QED) is 0.722. The molecule has 0 aromatic heterocycles. The Morgan fingerprint density at radius 1 is 1.50 bits per heavy atom. The van der Waals surface area contributed by atoms with Gasteiger partial charge in [0.15, 0.2) is 0 Å². The van der Waals surface area contributed by atoms with E-state index in [4.69, 9.17) is 5.11 Å². The van der Waals surface area contributed by atoms with Gasteiger partial charge in [0.05, 0.1) is 12.4 Å². The van der Waals surface area contributed by atoms with Gasteiger partial charge >= 0.3 is 0 Å². The van der Waals surface area contributed by atoms with Crippen molar-refractivity contribution in [3.8, 4) is 0 Å². The van der Waals surface area contributed by atoms with Crippen LogP contribution in [0.15, 0.2) is 0 Å². The fourth-order valence-corrected chi connectivity index (χ4v) is 3.21. The lowest BCUT2D eigenvalue weighted by molar-refractivity contribution is -0.125. The molecule has 1 saturated heterocycles. The molecule has 0 aliphatic carbocycles. The molecule has 0 bridgehead atoms.